The van der Waals surface area contributed by atoms with Crippen LogP contribution < -0.4 is 10.2 Å². The second-order valence-electron chi connectivity index (χ2n) is 6.98. The van der Waals surface area contributed by atoms with E-state index in [2.05, 4.69) is 36.8 Å². The molecule has 134 valence electrons. The number of alkyl halides is 1. The summed E-state index contributed by atoms with van der Waals surface area (Å²) in [5.41, 5.74) is 4.11. The van der Waals surface area contributed by atoms with Crippen molar-refractivity contribution in [3.63, 3.8) is 0 Å². The minimum absolute atomic E-state index is 0.396. The number of rotatable bonds is 5. The summed E-state index contributed by atoms with van der Waals surface area (Å²) in [6.45, 7) is 1.42. The molecule has 0 bridgehead atoms. The number of aromatic nitrogens is 4. The van der Waals surface area contributed by atoms with Crippen molar-refractivity contribution in [1.29, 1.82) is 0 Å². The van der Waals surface area contributed by atoms with Crippen LogP contribution >= 0.6 is 11.6 Å². The Morgan fingerprint density at radius 1 is 1.19 bits per heavy atom. The molecule has 5 rings (SSSR count). The lowest BCUT2D eigenvalue weighted by atomic mass is 10.1. The number of anilines is 2. The molecule has 3 aromatic rings. The van der Waals surface area contributed by atoms with Crippen molar-refractivity contribution in [2.75, 3.05) is 23.3 Å². The molecule has 1 aliphatic carbocycles. The van der Waals surface area contributed by atoms with Gasteiger partial charge in [0, 0.05) is 18.5 Å². The Morgan fingerprint density at radius 2 is 2.04 bits per heavy atom. The quantitative estimate of drug-likeness (QED) is 0.695. The largest absolute Gasteiger partial charge is 0.364 e. The van der Waals surface area contributed by atoms with Crippen LogP contribution in [-0.4, -0.2) is 38.6 Å². The maximum atomic E-state index is 13.4. The molecule has 1 saturated carbocycles. The SMILES string of the molecule is FC1CN(c2cc(C3CC3)cn3cc(CNc4cc(Cl)ncn4)nc23)C1. The first-order valence-corrected chi connectivity index (χ1v) is 9.15. The van der Waals surface area contributed by atoms with E-state index in [1.54, 1.807) is 6.07 Å². The van der Waals surface area contributed by atoms with E-state index in [0.717, 1.165) is 17.0 Å². The predicted molar refractivity (Wildman–Crippen MR) is 98.6 cm³/mol. The van der Waals surface area contributed by atoms with E-state index in [9.17, 15) is 4.39 Å². The van der Waals surface area contributed by atoms with E-state index >= 15 is 0 Å². The normalized spacial score (nSPS) is 17.5. The van der Waals surface area contributed by atoms with Crippen LogP contribution in [0.15, 0.2) is 30.9 Å². The molecule has 1 aliphatic heterocycles. The summed E-state index contributed by atoms with van der Waals surface area (Å²) >= 11 is 5.89. The molecule has 0 atom stereocenters. The first-order valence-electron chi connectivity index (χ1n) is 8.77. The highest BCUT2D eigenvalue weighted by Crippen LogP contribution is 2.42. The standard InChI is InChI=1S/C18H18ClFN6/c19-16-4-17(23-10-22-16)21-5-14-9-26-6-12(11-1-2-11)3-15(18(26)24-14)25-7-13(20)8-25/h3-4,6,9-11,13H,1-2,5,7-8H2,(H,21,22,23). The summed E-state index contributed by atoms with van der Waals surface area (Å²) in [4.78, 5) is 14.8. The summed E-state index contributed by atoms with van der Waals surface area (Å²) in [5.74, 6) is 1.29. The van der Waals surface area contributed by atoms with E-state index in [1.807, 2.05) is 6.20 Å². The fraction of sp³-hybridized carbons (Fsp3) is 0.389. The van der Waals surface area contributed by atoms with Crippen molar-refractivity contribution in [2.24, 2.45) is 0 Å². The molecule has 6 nitrogen and oxygen atoms in total. The molecule has 2 fully saturated rings. The second kappa shape index (κ2) is 6.09. The maximum Gasteiger partial charge on any atom is 0.160 e. The van der Waals surface area contributed by atoms with Crippen molar-refractivity contribution in [1.82, 2.24) is 19.4 Å². The van der Waals surface area contributed by atoms with Gasteiger partial charge >= 0.3 is 0 Å². The molecule has 26 heavy (non-hydrogen) atoms. The number of fused-ring (bicyclic) bond motifs is 1. The van der Waals surface area contributed by atoms with Gasteiger partial charge in [0.2, 0.25) is 0 Å². The van der Waals surface area contributed by atoms with E-state index in [0.29, 0.717) is 36.5 Å². The molecule has 3 aromatic heterocycles. The number of hydrogen-bond acceptors (Lipinski definition) is 5. The fourth-order valence-electron chi connectivity index (χ4n) is 3.34. The van der Waals surface area contributed by atoms with E-state index in [1.165, 1.54) is 24.7 Å². The third kappa shape index (κ3) is 2.96. The zero-order chi connectivity index (χ0) is 17.7. The zero-order valence-corrected chi connectivity index (χ0v) is 14.8. The number of imidazole rings is 1. The molecule has 4 heterocycles. The van der Waals surface area contributed by atoms with E-state index in [4.69, 9.17) is 16.6 Å². The molecule has 0 aromatic carbocycles. The van der Waals surface area contributed by atoms with Crippen LogP contribution in [0.1, 0.15) is 30.0 Å². The fourth-order valence-corrected chi connectivity index (χ4v) is 3.49. The number of halogens is 2. The first kappa shape index (κ1) is 15.8. The maximum absolute atomic E-state index is 13.4. The summed E-state index contributed by atoms with van der Waals surface area (Å²) in [7, 11) is 0. The van der Waals surface area contributed by atoms with Gasteiger partial charge in [0.15, 0.2) is 5.65 Å². The van der Waals surface area contributed by atoms with Crippen LogP contribution in [-0.2, 0) is 6.54 Å². The minimum atomic E-state index is -0.738. The zero-order valence-electron chi connectivity index (χ0n) is 14.1. The van der Waals surface area contributed by atoms with Crippen LogP contribution in [0.4, 0.5) is 15.9 Å². The predicted octanol–water partition coefficient (Wildman–Crippen LogP) is 3.43. The Labute approximate surface area is 155 Å². The summed E-state index contributed by atoms with van der Waals surface area (Å²) in [6.07, 6.45) is 7.32. The van der Waals surface area contributed by atoms with Crippen LogP contribution in [0.2, 0.25) is 5.15 Å². The van der Waals surface area contributed by atoms with E-state index < -0.39 is 6.17 Å². The Kier molecular flexibility index (Phi) is 3.70. The average molecular weight is 373 g/mol. The Hall–Kier alpha value is -2.41. The Balaban J connectivity index is 1.45. The van der Waals surface area contributed by atoms with Gasteiger partial charge in [-0.25, -0.2) is 19.3 Å². The van der Waals surface area contributed by atoms with Gasteiger partial charge in [-0.2, -0.15) is 0 Å². The minimum Gasteiger partial charge on any atom is -0.364 e. The number of nitrogens with one attached hydrogen (secondary N) is 1. The van der Waals surface area contributed by atoms with Gasteiger partial charge in [0.25, 0.3) is 0 Å². The van der Waals surface area contributed by atoms with Crippen LogP contribution in [0, 0.1) is 0 Å². The number of nitrogens with zero attached hydrogens (tertiary/aromatic N) is 5. The highest BCUT2D eigenvalue weighted by molar-refractivity contribution is 6.29. The highest BCUT2D eigenvalue weighted by Gasteiger charge is 2.31. The smallest absolute Gasteiger partial charge is 0.160 e. The first-order chi connectivity index (χ1) is 12.7. The van der Waals surface area contributed by atoms with Crippen molar-refractivity contribution in [3.05, 3.63) is 47.3 Å². The molecular formula is C18H18ClFN6. The molecular weight excluding hydrogens is 355 g/mol. The van der Waals surface area contributed by atoms with Crippen LogP contribution in [0.3, 0.4) is 0 Å². The third-order valence-electron chi connectivity index (χ3n) is 4.91. The average Bonchev–Trinajstić information content (AvgIpc) is 3.36. The summed E-state index contributed by atoms with van der Waals surface area (Å²) in [5, 5.41) is 3.61. The molecule has 1 N–H and O–H groups in total. The lowest BCUT2D eigenvalue weighted by Crippen LogP contribution is -2.48. The van der Waals surface area contributed by atoms with Gasteiger partial charge in [-0.3, -0.25) is 0 Å². The summed E-state index contributed by atoms with van der Waals surface area (Å²) < 4.78 is 15.4. The topological polar surface area (TPSA) is 58.4 Å². The lowest BCUT2D eigenvalue weighted by molar-refractivity contribution is 0.275. The van der Waals surface area contributed by atoms with Gasteiger partial charge in [0.05, 0.1) is 31.0 Å². The Morgan fingerprint density at radius 3 is 2.77 bits per heavy atom. The molecule has 8 heteroatoms. The highest BCUT2D eigenvalue weighted by atomic mass is 35.5. The van der Waals surface area contributed by atoms with Crippen LogP contribution in [0.5, 0.6) is 0 Å². The van der Waals surface area contributed by atoms with Crippen molar-refractivity contribution in [3.8, 4) is 0 Å². The summed E-state index contributed by atoms with van der Waals surface area (Å²) in [6, 6.07) is 3.86. The van der Waals surface area contributed by atoms with Crippen molar-refractivity contribution >= 4 is 28.8 Å². The third-order valence-corrected chi connectivity index (χ3v) is 5.12. The van der Waals surface area contributed by atoms with E-state index in [-0.39, 0.29) is 0 Å². The van der Waals surface area contributed by atoms with Gasteiger partial charge in [0.1, 0.15) is 23.5 Å². The molecule has 2 aliphatic rings. The van der Waals surface area contributed by atoms with Crippen molar-refractivity contribution < 1.29 is 4.39 Å². The monoisotopic (exact) mass is 372 g/mol. The van der Waals surface area contributed by atoms with Gasteiger partial charge in [-0.05, 0) is 30.4 Å². The number of hydrogen-bond donors (Lipinski definition) is 1. The second-order valence-corrected chi connectivity index (χ2v) is 7.37. The Bertz CT molecular complexity index is 963. The van der Waals surface area contributed by atoms with Gasteiger partial charge in [-0.1, -0.05) is 11.6 Å². The molecule has 0 radical (unpaired) electrons. The number of pyridine rings is 1. The lowest BCUT2D eigenvalue weighted by Gasteiger charge is -2.36. The van der Waals surface area contributed by atoms with Crippen molar-refractivity contribution in [2.45, 2.75) is 31.5 Å². The van der Waals surface area contributed by atoms with Gasteiger partial charge < -0.3 is 14.6 Å². The van der Waals surface area contributed by atoms with Gasteiger partial charge in [-0.15, -0.1) is 0 Å². The van der Waals surface area contributed by atoms with Crippen LogP contribution in [0.25, 0.3) is 5.65 Å². The molecule has 0 unspecified atom stereocenters. The molecule has 0 spiro atoms. The molecule has 1 saturated heterocycles. The molecule has 0 amide bonds.